The molecule has 0 saturated heterocycles. The highest BCUT2D eigenvalue weighted by Gasteiger charge is 2.35. The van der Waals surface area contributed by atoms with Crippen LogP contribution in [-0.2, 0) is 23.8 Å². The molecule has 22 heavy (non-hydrogen) atoms. The highest BCUT2D eigenvalue weighted by Crippen LogP contribution is 2.53. The van der Waals surface area contributed by atoms with E-state index in [4.69, 9.17) is 4.52 Å². The van der Waals surface area contributed by atoms with Crippen LogP contribution < -0.4 is 9.83 Å². The maximum absolute atomic E-state index is 12.6. The molecule has 2 aromatic rings. The smallest absolute Gasteiger partial charge is 0.408 e. The summed E-state index contributed by atoms with van der Waals surface area (Å²) < 4.78 is 18.2. The molecule has 116 valence electrons. The van der Waals surface area contributed by atoms with Crippen LogP contribution in [-0.4, -0.2) is 4.89 Å². The monoisotopic (exact) mass is 316 g/mol. The number of hydrogen-bond donors (Lipinski definition) is 1. The normalized spacial score (nSPS) is 19.3. The Morgan fingerprint density at radius 1 is 0.955 bits per heavy atom. The van der Waals surface area contributed by atoms with Gasteiger partial charge in [-0.1, -0.05) is 39.0 Å². The van der Waals surface area contributed by atoms with E-state index >= 15 is 0 Å². The number of hydrogen-bond acceptors (Lipinski definition) is 2. The van der Waals surface area contributed by atoms with Crippen molar-refractivity contribution in [3.05, 3.63) is 47.0 Å². The number of benzene rings is 2. The molecule has 3 nitrogen and oxygen atoms in total. The molecular formula is C18H21O3P. The summed E-state index contributed by atoms with van der Waals surface area (Å²) in [6, 6.07) is 9.95. The predicted molar refractivity (Wildman–Crippen MR) is 90.1 cm³/mol. The minimum absolute atomic E-state index is 0.426. The maximum Gasteiger partial charge on any atom is 0.408 e. The molecule has 0 aliphatic carbocycles. The number of fused-ring (bicyclic) bond motifs is 3. The molecule has 0 amide bonds. The minimum Gasteiger partial charge on any atom is -0.420 e. The van der Waals surface area contributed by atoms with Crippen LogP contribution in [0.25, 0.3) is 11.1 Å². The van der Waals surface area contributed by atoms with Crippen molar-refractivity contribution in [2.75, 3.05) is 0 Å². The van der Waals surface area contributed by atoms with Gasteiger partial charge in [0, 0.05) is 11.1 Å². The zero-order chi connectivity index (χ0) is 15.9. The van der Waals surface area contributed by atoms with Crippen molar-refractivity contribution in [3.63, 3.8) is 0 Å². The standard InChI is InChI=1S/C18H21O3P/c1-4-12-7-8-15-16-10-13(5-2)9-14(6-3)18(16)21-22(19,20)17(15)11-12/h7-11H,4-6H2,1-3H3,(H,19,20). The van der Waals surface area contributed by atoms with Crippen molar-refractivity contribution < 1.29 is 14.0 Å². The Bertz CT molecular complexity index is 780. The van der Waals surface area contributed by atoms with Gasteiger partial charge in [-0.25, -0.2) is 4.57 Å². The molecule has 0 bridgehead atoms. The number of aryl methyl sites for hydroxylation is 3. The maximum atomic E-state index is 12.6. The van der Waals surface area contributed by atoms with Crippen molar-refractivity contribution in [2.45, 2.75) is 40.0 Å². The lowest BCUT2D eigenvalue weighted by Crippen LogP contribution is -2.19. The summed E-state index contributed by atoms with van der Waals surface area (Å²) in [7, 11) is -3.81. The molecule has 1 aliphatic heterocycles. The van der Waals surface area contributed by atoms with Gasteiger partial charge in [0.25, 0.3) is 0 Å². The Morgan fingerprint density at radius 3 is 2.32 bits per heavy atom. The third kappa shape index (κ3) is 2.39. The molecule has 0 spiro atoms. The Morgan fingerprint density at radius 2 is 1.68 bits per heavy atom. The zero-order valence-corrected chi connectivity index (χ0v) is 14.1. The Kier molecular flexibility index (Phi) is 3.88. The zero-order valence-electron chi connectivity index (χ0n) is 13.2. The van der Waals surface area contributed by atoms with Crippen LogP contribution >= 0.6 is 7.60 Å². The first-order chi connectivity index (χ1) is 10.5. The summed E-state index contributed by atoms with van der Waals surface area (Å²) in [4.78, 5) is 10.4. The lowest BCUT2D eigenvalue weighted by atomic mass is 9.95. The second kappa shape index (κ2) is 5.57. The SMILES string of the molecule is CCc1cc(CC)c2c(c1)-c1ccc(CC)cc1P(=O)(O)O2. The van der Waals surface area contributed by atoms with E-state index < -0.39 is 7.60 Å². The highest BCUT2D eigenvalue weighted by atomic mass is 31.2. The fourth-order valence-corrected chi connectivity index (χ4v) is 4.35. The van der Waals surface area contributed by atoms with Crippen molar-refractivity contribution in [2.24, 2.45) is 0 Å². The van der Waals surface area contributed by atoms with E-state index in [1.165, 1.54) is 5.56 Å². The molecule has 1 unspecified atom stereocenters. The molecule has 4 heteroatoms. The molecule has 1 N–H and O–H groups in total. The van der Waals surface area contributed by atoms with Crippen molar-refractivity contribution >= 4 is 12.9 Å². The molecule has 0 aromatic heterocycles. The lowest BCUT2D eigenvalue weighted by molar-refractivity contribution is 0.390. The van der Waals surface area contributed by atoms with Gasteiger partial charge in [0.15, 0.2) is 0 Å². The van der Waals surface area contributed by atoms with Crippen LogP contribution in [0.1, 0.15) is 37.5 Å². The van der Waals surface area contributed by atoms with E-state index in [0.29, 0.717) is 11.1 Å². The quantitative estimate of drug-likeness (QED) is 0.861. The third-order valence-electron chi connectivity index (χ3n) is 4.29. The van der Waals surface area contributed by atoms with Crippen molar-refractivity contribution in [1.82, 2.24) is 0 Å². The van der Waals surface area contributed by atoms with Crippen molar-refractivity contribution in [1.29, 1.82) is 0 Å². The van der Waals surface area contributed by atoms with Crippen LogP contribution in [0.2, 0.25) is 0 Å². The van der Waals surface area contributed by atoms with Gasteiger partial charge in [0.1, 0.15) is 5.75 Å². The summed E-state index contributed by atoms with van der Waals surface area (Å²) >= 11 is 0. The molecule has 0 saturated carbocycles. The van der Waals surface area contributed by atoms with Crippen LogP contribution in [0.4, 0.5) is 0 Å². The molecule has 0 radical (unpaired) electrons. The van der Waals surface area contributed by atoms with E-state index in [-0.39, 0.29) is 0 Å². The predicted octanol–water partition coefficient (Wildman–Crippen LogP) is 4.24. The van der Waals surface area contributed by atoms with Gasteiger partial charge in [-0.2, -0.15) is 0 Å². The van der Waals surface area contributed by atoms with Crippen LogP contribution in [0.3, 0.4) is 0 Å². The molecule has 3 rings (SSSR count). The molecule has 2 aromatic carbocycles. The Labute approximate surface area is 131 Å². The average molecular weight is 316 g/mol. The molecule has 1 aliphatic rings. The topological polar surface area (TPSA) is 46.5 Å². The summed E-state index contributed by atoms with van der Waals surface area (Å²) in [5.41, 5.74) is 5.03. The second-order valence-corrected chi connectivity index (χ2v) is 7.36. The highest BCUT2D eigenvalue weighted by molar-refractivity contribution is 7.62. The van der Waals surface area contributed by atoms with Gasteiger partial charge in [0.05, 0.1) is 5.30 Å². The van der Waals surface area contributed by atoms with Crippen LogP contribution in [0.15, 0.2) is 30.3 Å². The molecular weight excluding hydrogens is 295 g/mol. The van der Waals surface area contributed by atoms with E-state index in [1.54, 1.807) is 0 Å². The Balaban J connectivity index is 2.32. The minimum atomic E-state index is -3.81. The van der Waals surface area contributed by atoms with E-state index in [9.17, 15) is 9.46 Å². The van der Waals surface area contributed by atoms with Crippen LogP contribution in [0.5, 0.6) is 5.75 Å². The number of rotatable bonds is 3. The fourth-order valence-electron chi connectivity index (χ4n) is 2.96. The summed E-state index contributed by atoms with van der Waals surface area (Å²) in [5.74, 6) is 0.572. The molecule has 1 atom stereocenters. The van der Waals surface area contributed by atoms with Crippen molar-refractivity contribution in [3.8, 4) is 16.9 Å². The molecule has 1 heterocycles. The van der Waals surface area contributed by atoms with Gasteiger partial charge in [-0.3, -0.25) is 0 Å². The first kappa shape index (κ1) is 15.3. The van der Waals surface area contributed by atoms with Gasteiger partial charge in [-0.05, 0) is 48.1 Å². The third-order valence-corrected chi connectivity index (χ3v) is 5.70. The lowest BCUT2D eigenvalue weighted by Gasteiger charge is -2.27. The van der Waals surface area contributed by atoms with E-state index in [2.05, 4.69) is 19.1 Å². The fraction of sp³-hybridized carbons (Fsp3) is 0.333. The van der Waals surface area contributed by atoms with E-state index in [1.807, 2.05) is 32.0 Å². The first-order valence-corrected chi connectivity index (χ1v) is 9.40. The van der Waals surface area contributed by atoms with Gasteiger partial charge in [0.2, 0.25) is 0 Å². The summed E-state index contributed by atoms with van der Waals surface area (Å²) in [6.07, 6.45) is 2.54. The van der Waals surface area contributed by atoms with Gasteiger partial charge in [-0.15, -0.1) is 0 Å². The summed E-state index contributed by atoms with van der Waals surface area (Å²) in [5, 5.41) is 0.426. The van der Waals surface area contributed by atoms with E-state index in [0.717, 1.165) is 41.5 Å². The summed E-state index contributed by atoms with van der Waals surface area (Å²) in [6.45, 7) is 6.19. The molecule has 0 fully saturated rings. The van der Waals surface area contributed by atoms with Crippen LogP contribution in [0, 0.1) is 0 Å². The van der Waals surface area contributed by atoms with Gasteiger partial charge >= 0.3 is 7.60 Å². The average Bonchev–Trinajstić information content (AvgIpc) is 2.53. The van der Waals surface area contributed by atoms with Gasteiger partial charge < -0.3 is 9.42 Å². The largest absolute Gasteiger partial charge is 0.420 e. The second-order valence-electron chi connectivity index (χ2n) is 5.66. The first-order valence-electron chi connectivity index (χ1n) is 7.82. The Hall–Kier alpha value is -1.57.